The van der Waals surface area contributed by atoms with E-state index in [9.17, 15) is 14.4 Å². The topological polar surface area (TPSA) is 57.7 Å². The van der Waals surface area contributed by atoms with E-state index >= 15 is 0 Å². The van der Waals surface area contributed by atoms with E-state index in [1.54, 1.807) is 13.8 Å². The Kier molecular flexibility index (Phi) is 6.50. The molecule has 0 aromatic carbocycles. The molecule has 0 radical (unpaired) electrons. The zero-order valence-corrected chi connectivity index (χ0v) is 15.9. The molecular formula is C21H26N2O3. The highest BCUT2D eigenvalue weighted by Gasteiger charge is 2.43. The lowest BCUT2D eigenvalue weighted by molar-refractivity contribution is -0.135. The molecule has 1 saturated carbocycles. The molecule has 1 saturated heterocycles. The van der Waals surface area contributed by atoms with Crippen molar-refractivity contribution in [1.82, 2.24) is 9.80 Å². The Morgan fingerprint density at radius 2 is 1.19 bits per heavy atom. The molecule has 1 heterocycles. The van der Waals surface area contributed by atoms with E-state index in [2.05, 4.69) is 0 Å². The van der Waals surface area contributed by atoms with Gasteiger partial charge in [-0.2, -0.15) is 0 Å². The van der Waals surface area contributed by atoms with Gasteiger partial charge in [0.2, 0.25) is 0 Å². The van der Waals surface area contributed by atoms with Crippen molar-refractivity contribution in [2.45, 2.75) is 40.5 Å². The number of hydrogen-bond donors (Lipinski definition) is 0. The first kappa shape index (κ1) is 19.6. The van der Waals surface area contributed by atoms with Crippen molar-refractivity contribution in [3.63, 3.8) is 0 Å². The Labute approximate surface area is 155 Å². The minimum absolute atomic E-state index is 0.109. The van der Waals surface area contributed by atoms with Gasteiger partial charge in [-0.3, -0.25) is 19.4 Å². The largest absolute Gasteiger partial charge is 0.333 e. The lowest BCUT2D eigenvalue weighted by Crippen LogP contribution is -2.56. The van der Waals surface area contributed by atoms with Crippen LogP contribution in [-0.4, -0.2) is 40.7 Å². The molecule has 2 fully saturated rings. The number of hydrogen-bond acceptors (Lipinski definition) is 3. The van der Waals surface area contributed by atoms with Crippen LogP contribution >= 0.6 is 0 Å². The van der Waals surface area contributed by atoms with Crippen LogP contribution < -0.4 is 0 Å². The summed E-state index contributed by atoms with van der Waals surface area (Å²) in [6.45, 7) is 7.79. The fraction of sp³-hybridized carbons (Fsp3) is 0.381. The minimum Gasteiger partial charge on any atom is -0.268 e. The molecule has 1 aliphatic heterocycles. The molecule has 0 spiro atoms. The van der Waals surface area contributed by atoms with E-state index in [4.69, 9.17) is 0 Å². The number of nitrogens with zero attached hydrogens (tertiary/aromatic N) is 2. The third-order valence-corrected chi connectivity index (χ3v) is 4.55. The average molecular weight is 354 g/mol. The van der Waals surface area contributed by atoms with Gasteiger partial charge in [-0.25, -0.2) is 4.79 Å². The number of allylic oxidation sites excluding steroid dienone is 9. The summed E-state index contributed by atoms with van der Waals surface area (Å²) < 4.78 is 0. The number of urea groups is 1. The molecule has 1 aliphatic carbocycles. The van der Waals surface area contributed by atoms with Crippen molar-refractivity contribution in [2.24, 2.45) is 0 Å². The summed E-state index contributed by atoms with van der Waals surface area (Å²) in [5.74, 6) is -0.997. The Bertz CT molecular complexity index is 706. The van der Waals surface area contributed by atoms with Gasteiger partial charge >= 0.3 is 6.03 Å². The molecule has 0 atom stereocenters. The monoisotopic (exact) mass is 354 g/mol. The fourth-order valence-corrected chi connectivity index (χ4v) is 3.26. The van der Waals surface area contributed by atoms with Crippen LogP contribution in [0.25, 0.3) is 0 Å². The van der Waals surface area contributed by atoms with Gasteiger partial charge in [-0.05, 0) is 57.3 Å². The normalized spacial score (nSPS) is 22.4. The Balaban J connectivity index is 2.74. The molecule has 0 N–H and O–H groups in total. The van der Waals surface area contributed by atoms with Crippen LogP contribution in [0.1, 0.15) is 40.5 Å². The quantitative estimate of drug-likeness (QED) is 0.568. The number of amides is 4. The Hall–Kier alpha value is -2.69. The standard InChI is InChI=1S/C21H26N2O3/c1-5-9-11-15-13-14-16(12-10-6-2)17(15)18-19(24)22(7-3)21(26)23(8-4)20(18)25/h5-6,9-12H,7-8,13-14H2,1-4H3/b9-5+,10-6+,15-11+,16-12+. The van der Waals surface area contributed by atoms with E-state index in [1.165, 1.54) is 0 Å². The van der Waals surface area contributed by atoms with Crippen molar-refractivity contribution in [1.29, 1.82) is 0 Å². The fourth-order valence-electron chi connectivity index (χ4n) is 3.26. The third-order valence-electron chi connectivity index (χ3n) is 4.55. The van der Waals surface area contributed by atoms with Gasteiger partial charge in [-0.1, -0.05) is 36.5 Å². The van der Waals surface area contributed by atoms with Crippen LogP contribution in [0.15, 0.2) is 58.7 Å². The van der Waals surface area contributed by atoms with Gasteiger partial charge in [0.05, 0.1) is 0 Å². The first-order chi connectivity index (χ1) is 12.5. The van der Waals surface area contributed by atoms with Gasteiger partial charge < -0.3 is 0 Å². The molecule has 0 aromatic heterocycles. The van der Waals surface area contributed by atoms with Crippen molar-refractivity contribution in [2.75, 3.05) is 13.1 Å². The minimum atomic E-state index is -0.537. The molecule has 5 nitrogen and oxygen atoms in total. The molecule has 0 unspecified atom stereocenters. The summed E-state index contributed by atoms with van der Waals surface area (Å²) in [5.41, 5.74) is 2.70. The molecule has 138 valence electrons. The predicted octanol–water partition coefficient (Wildman–Crippen LogP) is 3.91. The molecule has 26 heavy (non-hydrogen) atoms. The van der Waals surface area contributed by atoms with Crippen LogP contribution in [0.4, 0.5) is 4.79 Å². The number of likely N-dealkylation sites (N-methyl/N-ethyl adjacent to an activating group) is 2. The van der Waals surface area contributed by atoms with Crippen LogP contribution in [0.5, 0.6) is 0 Å². The molecule has 2 rings (SSSR count). The second-order valence-corrected chi connectivity index (χ2v) is 6.07. The number of rotatable bonds is 4. The molecule has 0 aromatic rings. The van der Waals surface area contributed by atoms with Gasteiger partial charge in [0.25, 0.3) is 11.8 Å². The van der Waals surface area contributed by atoms with Crippen LogP contribution in [-0.2, 0) is 9.59 Å². The van der Waals surface area contributed by atoms with Gasteiger partial charge in [0.15, 0.2) is 0 Å². The lowest BCUT2D eigenvalue weighted by atomic mass is 9.95. The Morgan fingerprint density at radius 3 is 1.54 bits per heavy atom. The molecule has 0 bridgehead atoms. The number of barbiturate groups is 1. The van der Waals surface area contributed by atoms with Crippen LogP contribution in [0.3, 0.4) is 0 Å². The molecule has 4 amide bonds. The zero-order chi connectivity index (χ0) is 19.3. The summed E-state index contributed by atoms with van der Waals surface area (Å²) in [4.78, 5) is 40.6. The number of imide groups is 2. The Morgan fingerprint density at radius 1 is 0.769 bits per heavy atom. The third kappa shape index (κ3) is 3.47. The maximum absolute atomic E-state index is 13.0. The van der Waals surface area contributed by atoms with Crippen molar-refractivity contribution < 1.29 is 14.4 Å². The first-order valence-corrected chi connectivity index (χ1v) is 9.08. The summed E-state index contributed by atoms with van der Waals surface area (Å²) in [6, 6.07) is -0.537. The first-order valence-electron chi connectivity index (χ1n) is 9.08. The van der Waals surface area contributed by atoms with Crippen molar-refractivity contribution >= 4 is 17.8 Å². The van der Waals surface area contributed by atoms with E-state index in [-0.39, 0.29) is 18.7 Å². The SMILES string of the molecule is C/C=C/C=C1\CC/C(=C\C=C\C)C1=C1C(=O)N(CC)C(=O)N(CC)C1=O. The zero-order valence-electron chi connectivity index (χ0n) is 15.9. The second-order valence-electron chi connectivity index (χ2n) is 6.07. The average Bonchev–Trinajstić information content (AvgIpc) is 3.01. The van der Waals surface area contributed by atoms with E-state index in [0.29, 0.717) is 5.57 Å². The summed E-state index contributed by atoms with van der Waals surface area (Å²) in [6.07, 6.45) is 13.1. The summed E-state index contributed by atoms with van der Waals surface area (Å²) in [5, 5.41) is 0. The van der Waals surface area contributed by atoms with E-state index < -0.39 is 17.8 Å². The number of carbonyl (C=O) groups is 3. The maximum Gasteiger partial charge on any atom is 0.333 e. The highest BCUT2D eigenvalue weighted by Crippen LogP contribution is 2.39. The predicted molar refractivity (Wildman–Crippen MR) is 102 cm³/mol. The van der Waals surface area contributed by atoms with Gasteiger partial charge in [0, 0.05) is 13.1 Å². The number of carbonyl (C=O) groups excluding carboxylic acids is 3. The van der Waals surface area contributed by atoms with Crippen molar-refractivity contribution in [3.8, 4) is 0 Å². The van der Waals surface area contributed by atoms with Gasteiger partial charge in [-0.15, -0.1) is 0 Å². The van der Waals surface area contributed by atoms with Crippen molar-refractivity contribution in [3.05, 3.63) is 58.7 Å². The smallest absolute Gasteiger partial charge is 0.268 e. The van der Waals surface area contributed by atoms with Crippen LogP contribution in [0, 0.1) is 0 Å². The lowest BCUT2D eigenvalue weighted by Gasteiger charge is -2.33. The second kappa shape index (κ2) is 8.61. The summed E-state index contributed by atoms with van der Waals surface area (Å²) in [7, 11) is 0. The molecule has 5 heteroatoms. The van der Waals surface area contributed by atoms with Crippen LogP contribution in [0.2, 0.25) is 0 Å². The van der Waals surface area contributed by atoms with E-state index in [0.717, 1.165) is 33.8 Å². The van der Waals surface area contributed by atoms with E-state index in [1.807, 2.05) is 50.3 Å². The maximum atomic E-state index is 13.0. The summed E-state index contributed by atoms with van der Waals surface area (Å²) >= 11 is 0. The molecule has 2 aliphatic rings. The molecular weight excluding hydrogens is 328 g/mol. The highest BCUT2D eigenvalue weighted by atomic mass is 16.2. The van der Waals surface area contributed by atoms with Gasteiger partial charge in [0.1, 0.15) is 5.57 Å². The highest BCUT2D eigenvalue weighted by molar-refractivity contribution is 6.29.